The van der Waals surface area contributed by atoms with Gasteiger partial charge in [0.1, 0.15) is 5.82 Å². The van der Waals surface area contributed by atoms with Gasteiger partial charge in [0.15, 0.2) is 0 Å². The van der Waals surface area contributed by atoms with Crippen LogP contribution in [0.25, 0.3) is 11.0 Å². The van der Waals surface area contributed by atoms with Crippen LogP contribution in [-0.4, -0.2) is 15.5 Å². The Hall–Kier alpha value is -2.88. The van der Waals surface area contributed by atoms with Crippen molar-refractivity contribution in [3.8, 4) is 0 Å². The van der Waals surface area contributed by atoms with E-state index in [4.69, 9.17) is 4.98 Å². The van der Waals surface area contributed by atoms with Crippen LogP contribution >= 0.6 is 0 Å². The SMILES string of the molecule is C=C(C)Cn1c(C(C)NC(=O)c2ccccc2)nc2ccccc21. The number of aromatic nitrogens is 2. The van der Waals surface area contributed by atoms with Crippen molar-refractivity contribution in [1.82, 2.24) is 14.9 Å². The number of nitrogens with one attached hydrogen (secondary N) is 1. The summed E-state index contributed by atoms with van der Waals surface area (Å²) in [4.78, 5) is 17.1. The zero-order valence-corrected chi connectivity index (χ0v) is 14.0. The molecule has 1 unspecified atom stereocenters. The number of fused-ring (bicyclic) bond motifs is 1. The minimum absolute atomic E-state index is 0.1000. The second-order valence-electron chi connectivity index (χ2n) is 6.06. The van der Waals surface area contributed by atoms with Gasteiger partial charge in [0.05, 0.1) is 17.1 Å². The Morgan fingerprint density at radius 2 is 1.83 bits per heavy atom. The molecule has 122 valence electrons. The van der Waals surface area contributed by atoms with E-state index >= 15 is 0 Å². The Morgan fingerprint density at radius 3 is 2.54 bits per heavy atom. The molecule has 24 heavy (non-hydrogen) atoms. The molecule has 1 N–H and O–H groups in total. The number of amides is 1. The number of hydrogen-bond donors (Lipinski definition) is 1. The van der Waals surface area contributed by atoms with E-state index in [0.717, 1.165) is 22.4 Å². The number of imidazole rings is 1. The third-order valence-corrected chi connectivity index (χ3v) is 3.88. The highest BCUT2D eigenvalue weighted by molar-refractivity contribution is 5.94. The van der Waals surface area contributed by atoms with Crippen LogP contribution in [0.15, 0.2) is 66.7 Å². The Labute approximate surface area is 141 Å². The molecule has 1 heterocycles. The number of hydrogen-bond acceptors (Lipinski definition) is 2. The molecule has 4 heteroatoms. The van der Waals surface area contributed by atoms with Crippen LogP contribution in [0.1, 0.15) is 36.1 Å². The van der Waals surface area contributed by atoms with Crippen molar-refractivity contribution < 1.29 is 4.79 Å². The van der Waals surface area contributed by atoms with Gasteiger partial charge in [0, 0.05) is 12.1 Å². The third-order valence-electron chi connectivity index (χ3n) is 3.88. The average Bonchev–Trinajstić information content (AvgIpc) is 2.94. The van der Waals surface area contributed by atoms with Crippen LogP contribution in [0.3, 0.4) is 0 Å². The van der Waals surface area contributed by atoms with Gasteiger partial charge in [-0.25, -0.2) is 4.98 Å². The summed E-state index contributed by atoms with van der Waals surface area (Å²) in [5, 5.41) is 3.04. The first-order valence-corrected chi connectivity index (χ1v) is 8.01. The minimum Gasteiger partial charge on any atom is -0.342 e. The fourth-order valence-electron chi connectivity index (χ4n) is 2.79. The quantitative estimate of drug-likeness (QED) is 0.720. The molecule has 2 aromatic carbocycles. The second-order valence-corrected chi connectivity index (χ2v) is 6.06. The lowest BCUT2D eigenvalue weighted by Gasteiger charge is -2.16. The zero-order chi connectivity index (χ0) is 17.1. The van der Waals surface area contributed by atoms with E-state index in [-0.39, 0.29) is 11.9 Å². The normalized spacial score (nSPS) is 12.1. The maximum Gasteiger partial charge on any atom is 0.251 e. The van der Waals surface area contributed by atoms with Crippen LogP contribution < -0.4 is 5.32 Å². The molecular weight excluding hydrogens is 298 g/mol. The minimum atomic E-state index is -0.204. The van der Waals surface area contributed by atoms with Crippen molar-refractivity contribution in [1.29, 1.82) is 0 Å². The predicted octanol–water partition coefficient (Wildman–Crippen LogP) is 4.10. The summed E-state index contributed by atoms with van der Waals surface area (Å²) in [5.74, 6) is 0.737. The summed E-state index contributed by atoms with van der Waals surface area (Å²) < 4.78 is 2.12. The number of allylic oxidation sites excluding steroid dienone is 1. The first-order valence-electron chi connectivity index (χ1n) is 8.01. The van der Waals surface area contributed by atoms with Crippen molar-refractivity contribution in [2.75, 3.05) is 0 Å². The van der Waals surface area contributed by atoms with Crippen molar-refractivity contribution in [3.05, 3.63) is 78.1 Å². The molecular formula is C20H21N3O. The molecule has 0 aliphatic heterocycles. The Kier molecular flexibility index (Phi) is 4.47. The molecule has 1 amide bonds. The van der Waals surface area contributed by atoms with Crippen molar-refractivity contribution in [2.24, 2.45) is 0 Å². The van der Waals surface area contributed by atoms with Crippen LogP contribution in [-0.2, 0) is 6.54 Å². The van der Waals surface area contributed by atoms with Crippen molar-refractivity contribution in [2.45, 2.75) is 26.4 Å². The van der Waals surface area contributed by atoms with Gasteiger partial charge in [-0.3, -0.25) is 4.79 Å². The smallest absolute Gasteiger partial charge is 0.251 e. The number of nitrogens with zero attached hydrogens (tertiary/aromatic N) is 2. The Balaban J connectivity index is 1.93. The average molecular weight is 319 g/mol. The second kappa shape index (κ2) is 6.71. The molecule has 3 rings (SSSR count). The number of benzene rings is 2. The molecule has 0 saturated heterocycles. The molecule has 0 bridgehead atoms. The molecule has 0 spiro atoms. The van der Waals surface area contributed by atoms with Gasteiger partial charge in [-0.15, -0.1) is 0 Å². The van der Waals surface area contributed by atoms with Gasteiger partial charge in [-0.05, 0) is 38.1 Å². The maximum atomic E-state index is 12.4. The lowest BCUT2D eigenvalue weighted by Crippen LogP contribution is -2.28. The number of rotatable bonds is 5. The van der Waals surface area contributed by atoms with Crippen LogP contribution in [0.5, 0.6) is 0 Å². The monoisotopic (exact) mass is 319 g/mol. The summed E-state index contributed by atoms with van der Waals surface area (Å²) in [6.45, 7) is 8.64. The summed E-state index contributed by atoms with van der Waals surface area (Å²) >= 11 is 0. The van der Waals surface area contributed by atoms with Gasteiger partial charge in [0.2, 0.25) is 0 Å². The van der Waals surface area contributed by atoms with E-state index in [1.807, 2.05) is 56.3 Å². The Bertz CT molecular complexity index is 880. The largest absolute Gasteiger partial charge is 0.342 e. The van der Waals surface area contributed by atoms with Gasteiger partial charge < -0.3 is 9.88 Å². The van der Waals surface area contributed by atoms with Gasteiger partial charge in [0.25, 0.3) is 5.91 Å². The molecule has 3 aromatic rings. The molecule has 0 aliphatic carbocycles. The predicted molar refractivity (Wildman–Crippen MR) is 96.9 cm³/mol. The maximum absolute atomic E-state index is 12.4. The standard InChI is InChI=1S/C20H21N3O/c1-14(2)13-23-18-12-8-7-11-17(18)22-19(23)15(3)21-20(24)16-9-5-4-6-10-16/h4-12,15H,1,13H2,2-3H3,(H,21,24). The molecule has 0 radical (unpaired) electrons. The first-order chi connectivity index (χ1) is 11.6. The van der Waals surface area contributed by atoms with E-state index in [9.17, 15) is 4.79 Å². The summed E-state index contributed by atoms with van der Waals surface area (Å²) in [6, 6.07) is 17.0. The third kappa shape index (κ3) is 3.23. The molecule has 0 saturated carbocycles. The molecule has 4 nitrogen and oxygen atoms in total. The lowest BCUT2D eigenvalue weighted by molar-refractivity contribution is 0.0938. The molecule has 1 atom stereocenters. The highest BCUT2D eigenvalue weighted by Gasteiger charge is 2.18. The fraction of sp³-hybridized carbons (Fsp3) is 0.200. The van der Waals surface area contributed by atoms with Gasteiger partial charge in [-0.2, -0.15) is 0 Å². The van der Waals surface area contributed by atoms with Crippen molar-refractivity contribution in [3.63, 3.8) is 0 Å². The zero-order valence-electron chi connectivity index (χ0n) is 14.0. The van der Waals surface area contributed by atoms with E-state index in [1.165, 1.54) is 0 Å². The fourth-order valence-corrected chi connectivity index (χ4v) is 2.79. The molecule has 1 aromatic heterocycles. The van der Waals surface area contributed by atoms with Gasteiger partial charge >= 0.3 is 0 Å². The van der Waals surface area contributed by atoms with Gasteiger partial charge in [-0.1, -0.05) is 42.5 Å². The van der Waals surface area contributed by atoms with E-state index in [1.54, 1.807) is 12.1 Å². The van der Waals surface area contributed by atoms with Crippen molar-refractivity contribution >= 4 is 16.9 Å². The highest BCUT2D eigenvalue weighted by atomic mass is 16.1. The number of carbonyl (C=O) groups excluding carboxylic acids is 1. The van der Waals surface area contributed by atoms with E-state index in [0.29, 0.717) is 12.1 Å². The Morgan fingerprint density at radius 1 is 1.17 bits per heavy atom. The number of para-hydroxylation sites is 2. The molecule has 0 aliphatic rings. The molecule has 0 fully saturated rings. The number of carbonyl (C=O) groups is 1. The summed E-state index contributed by atoms with van der Waals surface area (Å²) in [5.41, 5.74) is 3.67. The lowest BCUT2D eigenvalue weighted by atomic mass is 10.2. The van der Waals surface area contributed by atoms with Crippen LogP contribution in [0, 0.1) is 0 Å². The van der Waals surface area contributed by atoms with E-state index in [2.05, 4.69) is 16.5 Å². The topological polar surface area (TPSA) is 46.9 Å². The van der Waals surface area contributed by atoms with Crippen LogP contribution in [0.2, 0.25) is 0 Å². The van der Waals surface area contributed by atoms with Crippen LogP contribution in [0.4, 0.5) is 0 Å². The summed E-state index contributed by atoms with van der Waals surface area (Å²) in [6.07, 6.45) is 0. The highest BCUT2D eigenvalue weighted by Crippen LogP contribution is 2.22. The van der Waals surface area contributed by atoms with E-state index < -0.39 is 0 Å². The first kappa shape index (κ1) is 16.0. The summed E-state index contributed by atoms with van der Waals surface area (Å²) in [7, 11) is 0.